The predicted octanol–water partition coefficient (Wildman–Crippen LogP) is 5.27. The Morgan fingerprint density at radius 3 is 2.57 bits per heavy atom. The van der Waals surface area contributed by atoms with Gasteiger partial charge in [0.2, 0.25) is 0 Å². The fraction of sp³-hybridized carbons (Fsp3) is 0.250. The van der Waals surface area contributed by atoms with E-state index in [2.05, 4.69) is 21.2 Å². The van der Waals surface area contributed by atoms with Gasteiger partial charge in [-0.25, -0.2) is 8.78 Å². The zero-order valence-electron chi connectivity index (χ0n) is 11.5. The van der Waals surface area contributed by atoms with Gasteiger partial charge >= 0.3 is 0 Å². The highest BCUT2D eigenvalue weighted by Gasteiger charge is 2.15. The van der Waals surface area contributed by atoms with Crippen LogP contribution in [0, 0.1) is 11.6 Å². The van der Waals surface area contributed by atoms with Crippen molar-refractivity contribution in [1.29, 1.82) is 0 Å². The maximum atomic E-state index is 13.3. The van der Waals surface area contributed by atoms with Crippen molar-refractivity contribution >= 4 is 27.5 Å². The summed E-state index contributed by atoms with van der Waals surface area (Å²) >= 11 is 9.32. The van der Waals surface area contributed by atoms with Gasteiger partial charge in [-0.2, -0.15) is 0 Å². The largest absolute Gasteiger partial charge is 0.310 e. The molecule has 0 aliphatic carbocycles. The summed E-state index contributed by atoms with van der Waals surface area (Å²) in [6, 6.07) is 9.24. The van der Waals surface area contributed by atoms with Crippen molar-refractivity contribution in [1.82, 2.24) is 5.32 Å². The molecule has 0 fully saturated rings. The van der Waals surface area contributed by atoms with Gasteiger partial charge in [-0.15, -0.1) is 0 Å². The van der Waals surface area contributed by atoms with Crippen LogP contribution in [0.15, 0.2) is 40.9 Å². The van der Waals surface area contributed by atoms with Crippen LogP contribution in [0.2, 0.25) is 5.02 Å². The van der Waals surface area contributed by atoms with E-state index in [1.807, 2.05) is 6.92 Å². The molecule has 0 aliphatic rings. The van der Waals surface area contributed by atoms with Crippen molar-refractivity contribution in [3.63, 3.8) is 0 Å². The van der Waals surface area contributed by atoms with Crippen LogP contribution < -0.4 is 5.32 Å². The Morgan fingerprint density at radius 2 is 1.95 bits per heavy atom. The van der Waals surface area contributed by atoms with Crippen molar-refractivity contribution in [3.05, 3.63) is 68.7 Å². The number of hydrogen-bond acceptors (Lipinski definition) is 1. The van der Waals surface area contributed by atoms with E-state index in [0.717, 1.165) is 17.7 Å². The van der Waals surface area contributed by atoms with E-state index in [0.29, 0.717) is 15.9 Å². The summed E-state index contributed by atoms with van der Waals surface area (Å²) in [4.78, 5) is 0. The van der Waals surface area contributed by atoms with Crippen molar-refractivity contribution in [2.24, 2.45) is 0 Å². The Labute approximate surface area is 136 Å². The van der Waals surface area contributed by atoms with E-state index in [-0.39, 0.29) is 17.7 Å². The molecule has 1 nitrogen and oxygen atoms in total. The average Bonchev–Trinajstić information content (AvgIpc) is 2.42. The van der Waals surface area contributed by atoms with Crippen molar-refractivity contribution in [3.8, 4) is 0 Å². The van der Waals surface area contributed by atoms with Gasteiger partial charge in [0.1, 0.15) is 11.6 Å². The highest BCUT2D eigenvalue weighted by molar-refractivity contribution is 9.10. The lowest BCUT2D eigenvalue weighted by molar-refractivity contribution is 0.546. The number of nitrogens with one attached hydrogen (secondary N) is 1. The summed E-state index contributed by atoms with van der Waals surface area (Å²) in [5.74, 6) is -0.651. The van der Waals surface area contributed by atoms with Gasteiger partial charge in [-0.3, -0.25) is 0 Å². The van der Waals surface area contributed by atoms with Gasteiger partial charge in [0.05, 0.1) is 4.47 Å². The minimum atomic E-state index is -0.358. The third-order valence-corrected chi connectivity index (χ3v) is 4.15. The van der Waals surface area contributed by atoms with Gasteiger partial charge in [0, 0.05) is 11.1 Å². The summed E-state index contributed by atoms with van der Waals surface area (Å²) in [5, 5.41) is 3.72. The first-order chi connectivity index (χ1) is 10.0. The van der Waals surface area contributed by atoms with E-state index < -0.39 is 0 Å². The van der Waals surface area contributed by atoms with Crippen LogP contribution in [0.5, 0.6) is 0 Å². The molecule has 1 unspecified atom stereocenters. The van der Waals surface area contributed by atoms with Crippen molar-refractivity contribution in [2.45, 2.75) is 19.4 Å². The number of hydrogen-bond donors (Lipinski definition) is 1. The van der Waals surface area contributed by atoms with Crippen LogP contribution in [0.1, 0.15) is 24.1 Å². The minimum Gasteiger partial charge on any atom is -0.310 e. The first-order valence-corrected chi connectivity index (χ1v) is 7.80. The molecule has 0 amide bonds. The van der Waals surface area contributed by atoms with Crippen molar-refractivity contribution in [2.75, 3.05) is 6.54 Å². The highest BCUT2D eigenvalue weighted by atomic mass is 79.9. The van der Waals surface area contributed by atoms with Gasteiger partial charge in [0.25, 0.3) is 0 Å². The fourth-order valence-electron chi connectivity index (χ4n) is 2.22. The smallest absolute Gasteiger partial charge is 0.137 e. The maximum Gasteiger partial charge on any atom is 0.137 e. The molecule has 0 saturated carbocycles. The Morgan fingerprint density at radius 1 is 1.19 bits per heavy atom. The van der Waals surface area contributed by atoms with Crippen LogP contribution in [-0.2, 0) is 6.42 Å². The van der Waals surface area contributed by atoms with Crippen LogP contribution >= 0.6 is 27.5 Å². The minimum absolute atomic E-state index is 0.0551. The lowest BCUT2D eigenvalue weighted by Crippen LogP contribution is -2.23. The van der Waals surface area contributed by atoms with E-state index in [1.165, 1.54) is 18.2 Å². The second kappa shape index (κ2) is 7.34. The van der Waals surface area contributed by atoms with Gasteiger partial charge in [-0.05, 0) is 64.3 Å². The lowest BCUT2D eigenvalue weighted by atomic mass is 9.98. The fourth-order valence-corrected chi connectivity index (χ4v) is 2.95. The molecule has 2 aromatic rings. The molecule has 0 bridgehead atoms. The van der Waals surface area contributed by atoms with Crippen LogP contribution in [-0.4, -0.2) is 6.54 Å². The van der Waals surface area contributed by atoms with Gasteiger partial charge < -0.3 is 5.32 Å². The predicted molar refractivity (Wildman–Crippen MR) is 85.6 cm³/mol. The topological polar surface area (TPSA) is 12.0 Å². The molecule has 0 aliphatic heterocycles. The Bertz CT molecular complexity index is 634. The molecule has 0 saturated heterocycles. The summed E-state index contributed by atoms with van der Waals surface area (Å²) in [5.41, 5.74) is 1.80. The molecule has 2 rings (SSSR count). The van der Waals surface area contributed by atoms with Crippen molar-refractivity contribution < 1.29 is 8.78 Å². The lowest BCUT2D eigenvalue weighted by Gasteiger charge is -2.20. The van der Waals surface area contributed by atoms with E-state index in [4.69, 9.17) is 11.6 Å². The average molecular weight is 375 g/mol. The molecule has 0 aromatic heterocycles. The summed E-state index contributed by atoms with van der Waals surface area (Å²) in [7, 11) is 0. The second-order valence-electron chi connectivity index (χ2n) is 4.73. The zero-order chi connectivity index (χ0) is 15.4. The Kier molecular flexibility index (Phi) is 5.73. The zero-order valence-corrected chi connectivity index (χ0v) is 13.8. The maximum absolute atomic E-state index is 13.3. The van der Waals surface area contributed by atoms with Gasteiger partial charge in [0.15, 0.2) is 0 Å². The molecule has 5 heteroatoms. The number of rotatable bonds is 5. The van der Waals surface area contributed by atoms with E-state index in [9.17, 15) is 8.78 Å². The SMILES string of the molecule is CCNC(Cc1ccc(F)c(Br)c1)c1ccc(F)cc1Cl. The third kappa shape index (κ3) is 4.25. The molecular weight excluding hydrogens is 360 g/mol. The molecule has 21 heavy (non-hydrogen) atoms. The molecule has 2 aromatic carbocycles. The first-order valence-electron chi connectivity index (χ1n) is 6.63. The van der Waals surface area contributed by atoms with Crippen LogP contribution in [0.3, 0.4) is 0 Å². The molecular formula is C16H15BrClF2N. The first kappa shape index (κ1) is 16.4. The van der Waals surface area contributed by atoms with E-state index in [1.54, 1.807) is 18.2 Å². The third-order valence-electron chi connectivity index (χ3n) is 3.21. The Hall–Kier alpha value is -0.970. The monoisotopic (exact) mass is 373 g/mol. The number of likely N-dealkylation sites (N-methyl/N-ethyl adjacent to an activating group) is 1. The van der Waals surface area contributed by atoms with Crippen LogP contribution in [0.25, 0.3) is 0 Å². The molecule has 0 heterocycles. The quantitative estimate of drug-likeness (QED) is 0.751. The summed E-state index contributed by atoms with van der Waals surface area (Å²) < 4.78 is 26.9. The van der Waals surface area contributed by atoms with E-state index >= 15 is 0 Å². The standard InChI is InChI=1S/C16H15BrClF2N/c1-2-21-16(12-5-4-11(19)9-14(12)18)8-10-3-6-15(20)13(17)7-10/h3-7,9,16,21H,2,8H2,1H3. The molecule has 1 N–H and O–H groups in total. The highest BCUT2D eigenvalue weighted by Crippen LogP contribution is 2.28. The second-order valence-corrected chi connectivity index (χ2v) is 5.99. The molecule has 0 spiro atoms. The molecule has 0 radical (unpaired) electrons. The number of benzene rings is 2. The Balaban J connectivity index is 2.28. The summed E-state index contributed by atoms with van der Waals surface area (Å²) in [6.07, 6.45) is 0.637. The molecule has 112 valence electrons. The van der Waals surface area contributed by atoms with Gasteiger partial charge in [-0.1, -0.05) is 30.7 Å². The number of halogens is 4. The summed E-state index contributed by atoms with van der Waals surface area (Å²) in [6.45, 7) is 2.74. The van der Waals surface area contributed by atoms with Crippen LogP contribution in [0.4, 0.5) is 8.78 Å². The normalized spacial score (nSPS) is 12.4. The molecule has 1 atom stereocenters.